The standard InChI is InChI=1S/C19H16F4O2/c1-24-16-4-2-11(8-14(16)21)19-7-6-18(22,23)10-17(19)25-15-5-3-12(20)9-13(15)19/h2-5,8-9,17H,6-7,10H2,1H3. The highest BCUT2D eigenvalue weighted by atomic mass is 19.3. The van der Waals surface area contributed by atoms with Crippen LogP contribution in [0.15, 0.2) is 36.4 Å². The van der Waals surface area contributed by atoms with E-state index in [0.29, 0.717) is 16.9 Å². The van der Waals surface area contributed by atoms with Gasteiger partial charge in [-0.2, -0.15) is 0 Å². The highest BCUT2D eigenvalue weighted by Crippen LogP contribution is 2.57. The lowest BCUT2D eigenvalue weighted by atomic mass is 9.63. The maximum absolute atomic E-state index is 14.3. The van der Waals surface area contributed by atoms with Crippen molar-refractivity contribution < 1.29 is 27.0 Å². The number of hydrogen-bond acceptors (Lipinski definition) is 2. The van der Waals surface area contributed by atoms with Crippen LogP contribution in [0.2, 0.25) is 0 Å². The Bertz CT molecular complexity index is 836. The summed E-state index contributed by atoms with van der Waals surface area (Å²) in [6.45, 7) is 0. The van der Waals surface area contributed by atoms with Gasteiger partial charge >= 0.3 is 0 Å². The fourth-order valence-corrected chi connectivity index (χ4v) is 4.08. The van der Waals surface area contributed by atoms with Gasteiger partial charge in [0.1, 0.15) is 17.7 Å². The molecule has 0 radical (unpaired) electrons. The molecule has 6 heteroatoms. The third-order valence-corrected chi connectivity index (χ3v) is 5.28. The lowest BCUT2D eigenvalue weighted by molar-refractivity contribution is -0.0830. The Kier molecular flexibility index (Phi) is 3.49. The van der Waals surface area contributed by atoms with Crippen LogP contribution in [0.3, 0.4) is 0 Å². The molecule has 1 fully saturated rings. The second-order valence-electron chi connectivity index (χ2n) is 6.63. The fraction of sp³-hybridized carbons (Fsp3) is 0.368. The van der Waals surface area contributed by atoms with Gasteiger partial charge in [-0.1, -0.05) is 6.07 Å². The summed E-state index contributed by atoms with van der Waals surface area (Å²) in [7, 11) is 1.35. The molecule has 1 aliphatic carbocycles. The normalized spacial score (nSPS) is 26.5. The first kappa shape index (κ1) is 16.2. The van der Waals surface area contributed by atoms with E-state index in [9.17, 15) is 17.6 Å². The smallest absolute Gasteiger partial charge is 0.251 e. The summed E-state index contributed by atoms with van der Waals surface area (Å²) in [5.74, 6) is -3.49. The van der Waals surface area contributed by atoms with Crippen molar-refractivity contribution in [3.63, 3.8) is 0 Å². The zero-order valence-electron chi connectivity index (χ0n) is 13.5. The van der Waals surface area contributed by atoms with E-state index in [1.165, 1.54) is 37.4 Å². The van der Waals surface area contributed by atoms with Crippen molar-refractivity contribution >= 4 is 0 Å². The molecule has 1 aliphatic heterocycles. The minimum atomic E-state index is -2.86. The third-order valence-electron chi connectivity index (χ3n) is 5.28. The van der Waals surface area contributed by atoms with Gasteiger partial charge in [0.25, 0.3) is 5.92 Å². The Morgan fingerprint density at radius 2 is 1.88 bits per heavy atom. The molecule has 0 saturated heterocycles. The van der Waals surface area contributed by atoms with Gasteiger partial charge in [0.05, 0.1) is 12.5 Å². The summed E-state index contributed by atoms with van der Waals surface area (Å²) >= 11 is 0. The van der Waals surface area contributed by atoms with Crippen molar-refractivity contribution in [2.45, 2.75) is 36.7 Å². The van der Waals surface area contributed by atoms with Gasteiger partial charge in [0.15, 0.2) is 11.6 Å². The Labute approximate surface area is 142 Å². The van der Waals surface area contributed by atoms with Crippen LogP contribution in [-0.2, 0) is 5.41 Å². The summed E-state index contributed by atoms with van der Waals surface area (Å²) in [5, 5.41) is 0. The molecule has 1 heterocycles. The lowest BCUT2D eigenvalue weighted by Gasteiger charge is -2.41. The number of fused-ring (bicyclic) bond motifs is 3. The van der Waals surface area contributed by atoms with Gasteiger partial charge in [-0.3, -0.25) is 0 Å². The zero-order chi connectivity index (χ0) is 17.8. The molecule has 0 aromatic heterocycles. The van der Waals surface area contributed by atoms with Crippen molar-refractivity contribution in [2.75, 3.05) is 7.11 Å². The topological polar surface area (TPSA) is 18.5 Å². The van der Waals surface area contributed by atoms with Crippen molar-refractivity contribution in [1.29, 1.82) is 0 Å². The zero-order valence-corrected chi connectivity index (χ0v) is 13.5. The SMILES string of the molecule is COc1ccc(C23CCC(F)(F)CC2Oc2ccc(F)cc23)cc1F. The summed E-state index contributed by atoms with van der Waals surface area (Å²) in [5.41, 5.74) is -0.000105. The molecule has 2 aliphatic rings. The van der Waals surface area contributed by atoms with E-state index in [4.69, 9.17) is 9.47 Å². The van der Waals surface area contributed by atoms with Crippen LogP contribution < -0.4 is 9.47 Å². The Balaban J connectivity index is 1.91. The van der Waals surface area contributed by atoms with Crippen LogP contribution in [-0.4, -0.2) is 19.1 Å². The molecule has 2 nitrogen and oxygen atoms in total. The first-order valence-electron chi connectivity index (χ1n) is 8.04. The van der Waals surface area contributed by atoms with Gasteiger partial charge in [0, 0.05) is 18.4 Å². The summed E-state index contributed by atoms with van der Waals surface area (Å²) < 4.78 is 66.8. The molecule has 25 heavy (non-hydrogen) atoms. The van der Waals surface area contributed by atoms with E-state index in [0.717, 1.165) is 0 Å². The first-order chi connectivity index (χ1) is 11.9. The van der Waals surface area contributed by atoms with Crippen LogP contribution in [0, 0.1) is 11.6 Å². The average Bonchev–Trinajstić information content (AvgIpc) is 2.87. The van der Waals surface area contributed by atoms with Gasteiger partial charge in [-0.05, 0) is 42.3 Å². The minimum Gasteiger partial charge on any atom is -0.494 e. The van der Waals surface area contributed by atoms with E-state index in [-0.39, 0.29) is 18.6 Å². The number of ether oxygens (including phenoxy) is 2. The average molecular weight is 352 g/mol. The molecule has 2 atom stereocenters. The summed E-state index contributed by atoms with van der Waals surface area (Å²) in [6.07, 6.45) is -1.68. The van der Waals surface area contributed by atoms with Crippen molar-refractivity contribution in [3.05, 3.63) is 59.2 Å². The molecule has 1 saturated carbocycles. The molecule has 2 unspecified atom stereocenters. The van der Waals surface area contributed by atoms with Crippen molar-refractivity contribution in [3.8, 4) is 11.5 Å². The number of benzene rings is 2. The quantitative estimate of drug-likeness (QED) is 0.720. The Morgan fingerprint density at radius 1 is 1.08 bits per heavy atom. The van der Waals surface area contributed by atoms with Crippen LogP contribution in [0.4, 0.5) is 17.6 Å². The van der Waals surface area contributed by atoms with Crippen LogP contribution in [0.5, 0.6) is 11.5 Å². The number of rotatable bonds is 2. The molecule has 2 aromatic carbocycles. The van der Waals surface area contributed by atoms with Crippen LogP contribution in [0.25, 0.3) is 0 Å². The third kappa shape index (κ3) is 2.38. The highest BCUT2D eigenvalue weighted by molar-refractivity contribution is 5.54. The molecular formula is C19H16F4O2. The van der Waals surface area contributed by atoms with Gasteiger partial charge in [-0.15, -0.1) is 0 Å². The number of alkyl halides is 2. The maximum Gasteiger partial charge on any atom is 0.251 e. The predicted octanol–water partition coefficient (Wildman–Crippen LogP) is 4.84. The maximum atomic E-state index is 14.3. The Hall–Kier alpha value is -2.24. The largest absolute Gasteiger partial charge is 0.494 e. The van der Waals surface area contributed by atoms with Gasteiger partial charge in [-0.25, -0.2) is 17.6 Å². The molecule has 0 amide bonds. The lowest BCUT2D eigenvalue weighted by Crippen LogP contribution is -2.48. The van der Waals surface area contributed by atoms with Crippen LogP contribution in [0.1, 0.15) is 30.4 Å². The Morgan fingerprint density at radius 3 is 2.60 bits per heavy atom. The summed E-state index contributed by atoms with van der Waals surface area (Å²) in [4.78, 5) is 0. The van der Waals surface area contributed by atoms with E-state index in [1.807, 2.05) is 0 Å². The molecule has 4 rings (SSSR count). The molecule has 0 bridgehead atoms. The number of hydrogen-bond donors (Lipinski definition) is 0. The highest BCUT2D eigenvalue weighted by Gasteiger charge is 2.58. The van der Waals surface area contributed by atoms with Crippen molar-refractivity contribution in [2.24, 2.45) is 0 Å². The van der Waals surface area contributed by atoms with Gasteiger partial charge in [0.2, 0.25) is 0 Å². The van der Waals surface area contributed by atoms with Crippen LogP contribution >= 0.6 is 0 Å². The van der Waals surface area contributed by atoms with E-state index in [1.54, 1.807) is 6.07 Å². The number of halogens is 4. The summed E-state index contributed by atoms with van der Waals surface area (Å²) in [6, 6.07) is 8.36. The number of methoxy groups -OCH3 is 1. The van der Waals surface area contributed by atoms with Crippen molar-refractivity contribution in [1.82, 2.24) is 0 Å². The predicted molar refractivity (Wildman–Crippen MR) is 83.3 cm³/mol. The first-order valence-corrected chi connectivity index (χ1v) is 8.04. The monoisotopic (exact) mass is 352 g/mol. The van der Waals surface area contributed by atoms with E-state index < -0.39 is 35.5 Å². The van der Waals surface area contributed by atoms with E-state index in [2.05, 4.69) is 0 Å². The van der Waals surface area contributed by atoms with E-state index >= 15 is 0 Å². The second kappa shape index (κ2) is 5.38. The minimum absolute atomic E-state index is 0.0485. The molecule has 2 aromatic rings. The molecule has 0 spiro atoms. The molecule has 0 N–H and O–H groups in total. The molecular weight excluding hydrogens is 336 g/mol. The fourth-order valence-electron chi connectivity index (χ4n) is 4.08. The molecule has 132 valence electrons. The second-order valence-corrected chi connectivity index (χ2v) is 6.63. The van der Waals surface area contributed by atoms with Gasteiger partial charge < -0.3 is 9.47 Å².